The van der Waals surface area contributed by atoms with Gasteiger partial charge in [0.25, 0.3) is 0 Å². The Labute approximate surface area is 99.1 Å². The summed E-state index contributed by atoms with van der Waals surface area (Å²) in [4.78, 5) is 23.3. The van der Waals surface area contributed by atoms with Crippen LogP contribution in [0.25, 0.3) is 0 Å². The minimum absolute atomic E-state index is 0.00597. The van der Waals surface area contributed by atoms with Gasteiger partial charge >= 0.3 is 5.97 Å². The molecule has 0 spiro atoms. The van der Waals surface area contributed by atoms with Gasteiger partial charge in [-0.15, -0.1) is 0 Å². The lowest BCUT2D eigenvalue weighted by atomic mass is 10.1. The molecule has 1 unspecified atom stereocenters. The van der Waals surface area contributed by atoms with Crippen molar-refractivity contribution in [1.82, 2.24) is 4.90 Å². The summed E-state index contributed by atoms with van der Waals surface area (Å²) in [7, 11) is 0. The van der Waals surface area contributed by atoms with Gasteiger partial charge in [-0.3, -0.25) is 4.79 Å². The summed E-state index contributed by atoms with van der Waals surface area (Å²) in [6.45, 7) is 3.44. The molecule has 1 heterocycles. The van der Waals surface area contributed by atoms with E-state index in [1.165, 1.54) is 4.90 Å². The number of rotatable bonds is 5. The van der Waals surface area contributed by atoms with E-state index in [0.29, 0.717) is 11.4 Å². The molecule has 0 aromatic rings. The molecule has 1 aliphatic heterocycles. The highest BCUT2D eigenvalue weighted by Gasteiger charge is 2.33. The third kappa shape index (κ3) is 2.95. The number of carbonyl (C=O) groups is 2. The maximum atomic E-state index is 11.5. The van der Waals surface area contributed by atoms with Crippen molar-refractivity contribution in [2.24, 2.45) is 5.73 Å². The van der Waals surface area contributed by atoms with Crippen LogP contribution in [-0.2, 0) is 9.59 Å². The number of hydroxylamine groups is 2. The molecule has 2 atom stereocenters. The molecule has 0 radical (unpaired) electrons. The second kappa shape index (κ2) is 5.15. The molecule has 7 nitrogen and oxygen atoms in total. The molecule has 7 heteroatoms. The Hall–Kier alpha value is -1.60. The van der Waals surface area contributed by atoms with E-state index in [2.05, 4.69) is 0 Å². The predicted octanol–water partition coefficient (Wildman–Crippen LogP) is -1.39. The van der Waals surface area contributed by atoms with Gasteiger partial charge in [-0.05, 0) is 13.3 Å². The summed E-state index contributed by atoms with van der Waals surface area (Å²) in [5.41, 5.74) is 6.24. The molecule has 0 fully saturated rings. The summed E-state index contributed by atoms with van der Waals surface area (Å²) in [5.74, 6) is -1.59. The molecule has 0 aromatic carbocycles. The Balaban J connectivity index is 2.80. The molecule has 17 heavy (non-hydrogen) atoms. The Bertz CT molecular complexity index is 367. The van der Waals surface area contributed by atoms with Gasteiger partial charge < -0.3 is 26.0 Å². The minimum atomic E-state index is -1.05. The van der Waals surface area contributed by atoms with Crippen LogP contribution in [0.15, 0.2) is 11.4 Å². The number of carboxylic acids is 1. The summed E-state index contributed by atoms with van der Waals surface area (Å²) < 4.78 is 0. The predicted molar refractivity (Wildman–Crippen MR) is 59.3 cm³/mol. The average Bonchev–Trinajstić information content (AvgIpc) is 2.46. The van der Waals surface area contributed by atoms with Gasteiger partial charge in [0, 0.05) is 13.3 Å². The average molecular weight is 243 g/mol. The highest BCUT2D eigenvalue weighted by atomic mass is 16.5. The van der Waals surface area contributed by atoms with Crippen molar-refractivity contribution >= 4 is 11.9 Å². The quantitative estimate of drug-likeness (QED) is 0.515. The standard InChI is InChI=1S/C10H17N3O4/c1-6-7(2)13(17)5-12(6)8(10(15)16)3-4-9(11)14/h8,13H,3-5H2,1-2H3,(H2,11,14)(H,15,16)/t8-/m0/s1. The van der Waals surface area contributed by atoms with Gasteiger partial charge in [0.15, 0.2) is 6.67 Å². The van der Waals surface area contributed by atoms with Crippen molar-refractivity contribution in [1.29, 1.82) is 0 Å². The van der Waals surface area contributed by atoms with Gasteiger partial charge in [-0.1, -0.05) is 0 Å². The number of aliphatic carboxylic acids is 1. The zero-order chi connectivity index (χ0) is 13.2. The van der Waals surface area contributed by atoms with E-state index >= 15 is 0 Å². The third-order valence-electron chi connectivity index (χ3n) is 3.03. The van der Waals surface area contributed by atoms with Gasteiger partial charge in [0.1, 0.15) is 11.7 Å². The number of nitrogens with one attached hydrogen (secondary N) is 1. The second-order valence-electron chi connectivity index (χ2n) is 4.12. The molecule has 1 amide bonds. The molecule has 1 rings (SSSR count). The number of amides is 1. The number of allylic oxidation sites excluding steroid dienone is 2. The Morgan fingerprint density at radius 3 is 2.53 bits per heavy atom. The summed E-state index contributed by atoms with van der Waals surface area (Å²) in [6, 6.07) is -0.871. The van der Waals surface area contributed by atoms with Crippen molar-refractivity contribution in [3.63, 3.8) is 0 Å². The number of hydrogen-bond donors (Lipinski definition) is 3. The van der Waals surface area contributed by atoms with Crippen LogP contribution in [0.5, 0.6) is 0 Å². The normalized spacial score (nSPS) is 21.8. The van der Waals surface area contributed by atoms with Crippen molar-refractivity contribution < 1.29 is 19.8 Å². The maximum absolute atomic E-state index is 11.5. The molecule has 96 valence electrons. The van der Waals surface area contributed by atoms with Crippen LogP contribution in [-0.4, -0.2) is 34.6 Å². The number of nitrogens with two attached hydrogens (primary N) is 1. The Morgan fingerprint density at radius 2 is 2.18 bits per heavy atom. The maximum Gasteiger partial charge on any atom is 0.326 e. The monoisotopic (exact) mass is 243 g/mol. The van der Waals surface area contributed by atoms with Crippen LogP contribution >= 0.6 is 0 Å². The lowest BCUT2D eigenvalue weighted by Crippen LogP contribution is -3.04. The fourth-order valence-corrected chi connectivity index (χ4v) is 1.84. The summed E-state index contributed by atoms with van der Waals surface area (Å²) >= 11 is 0. The second-order valence-corrected chi connectivity index (χ2v) is 4.12. The van der Waals surface area contributed by atoms with E-state index in [9.17, 15) is 14.8 Å². The number of primary amides is 1. The van der Waals surface area contributed by atoms with Crippen LogP contribution in [0.3, 0.4) is 0 Å². The van der Waals surface area contributed by atoms with Gasteiger partial charge in [-0.2, -0.15) is 0 Å². The van der Waals surface area contributed by atoms with E-state index in [-0.39, 0.29) is 24.6 Å². The lowest BCUT2D eigenvalue weighted by molar-refractivity contribution is -0.808. The molecular formula is C10H17N3O4. The smallest absolute Gasteiger partial charge is 0.326 e. The van der Waals surface area contributed by atoms with Crippen LogP contribution in [0.4, 0.5) is 0 Å². The fourth-order valence-electron chi connectivity index (χ4n) is 1.84. The lowest BCUT2D eigenvalue weighted by Gasteiger charge is -2.26. The first-order chi connectivity index (χ1) is 7.84. The van der Waals surface area contributed by atoms with E-state index in [4.69, 9.17) is 10.8 Å². The van der Waals surface area contributed by atoms with E-state index < -0.39 is 17.9 Å². The first-order valence-electron chi connectivity index (χ1n) is 5.33. The minimum Gasteiger partial charge on any atom is -0.628 e. The first kappa shape index (κ1) is 13.5. The van der Waals surface area contributed by atoms with Crippen LogP contribution in [0, 0.1) is 5.21 Å². The van der Waals surface area contributed by atoms with Crippen molar-refractivity contribution in [2.45, 2.75) is 32.7 Å². The van der Waals surface area contributed by atoms with Crippen molar-refractivity contribution in [3.8, 4) is 0 Å². The number of carbonyl (C=O) groups excluding carboxylic acids is 1. The van der Waals surface area contributed by atoms with E-state index in [1.54, 1.807) is 13.8 Å². The zero-order valence-corrected chi connectivity index (χ0v) is 9.90. The SMILES string of the molecule is CC1=C(C)[NH+]([O-])CN1[C@@H](CCC(N)=O)C(=O)O. The molecule has 0 aliphatic carbocycles. The number of nitrogens with zero attached hydrogens (tertiary/aromatic N) is 1. The third-order valence-corrected chi connectivity index (χ3v) is 3.03. The molecule has 0 saturated carbocycles. The highest BCUT2D eigenvalue weighted by Crippen LogP contribution is 2.17. The molecule has 4 N–H and O–H groups in total. The van der Waals surface area contributed by atoms with Gasteiger partial charge in [0.2, 0.25) is 5.91 Å². The topological polar surface area (TPSA) is 111 Å². The largest absolute Gasteiger partial charge is 0.628 e. The van der Waals surface area contributed by atoms with Gasteiger partial charge in [0.05, 0.1) is 5.70 Å². The van der Waals surface area contributed by atoms with Crippen LogP contribution in [0.2, 0.25) is 0 Å². The number of carboxylic acid groups (broad SMARTS) is 1. The van der Waals surface area contributed by atoms with Crippen molar-refractivity contribution in [3.05, 3.63) is 16.6 Å². The zero-order valence-electron chi connectivity index (χ0n) is 9.90. The number of quaternary nitrogens is 1. The summed E-state index contributed by atoms with van der Waals surface area (Å²) in [6.07, 6.45) is 0.108. The van der Waals surface area contributed by atoms with Crippen LogP contribution < -0.4 is 10.8 Å². The van der Waals surface area contributed by atoms with Gasteiger partial charge in [-0.25, -0.2) is 4.79 Å². The molecule has 1 aliphatic rings. The fraction of sp³-hybridized carbons (Fsp3) is 0.600. The van der Waals surface area contributed by atoms with E-state index in [1.807, 2.05) is 0 Å². The molecule has 0 bridgehead atoms. The first-order valence-corrected chi connectivity index (χ1v) is 5.33. The highest BCUT2D eigenvalue weighted by molar-refractivity contribution is 5.77. The molecule has 0 aromatic heterocycles. The molecular weight excluding hydrogens is 226 g/mol. The Kier molecular flexibility index (Phi) is 4.08. The molecule has 0 saturated heterocycles. The Morgan fingerprint density at radius 1 is 1.59 bits per heavy atom. The van der Waals surface area contributed by atoms with E-state index in [0.717, 1.165) is 0 Å². The summed E-state index contributed by atoms with van der Waals surface area (Å²) in [5, 5.41) is 20.5. The van der Waals surface area contributed by atoms with Crippen molar-refractivity contribution in [2.75, 3.05) is 6.67 Å². The number of hydrogen-bond acceptors (Lipinski definition) is 4. The van der Waals surface area contributed by atoms with Crippen LogP contribution in [0.1, 0.15) is 26.7 Å².